The van der Waals surface area contributed by atoms with Crippen LogP contribution in [0.4, 0.5) is 13.2 Å². The fourth-order valence-electron chi connectivity index (χ4n) is 6.69. The van der Waals surface area contributed by atoms with Crippen LogP contribution in [0.25, 0.3) is 0 Å². The molecule has 2 fully saturated rings. The molecule has 2 aliphatic carbocycles. The third-order valence-electron chi connectivity index (χ3n) is 9.28. The zero-order chi connectivity index (χ0) is 26.5. The summed E-state index contributed by atoms with van der Waals surface area (Å²) >= 11 is 0. The Labute approximate surface area is 213 Å². The predicted octanol–water partition coefficient (Wildman–Crippen LogP) is 7.52. The van der Waals surface area contributed by atoms with Crippen LogP contribution in [0.2, 0.25) is 0 Å². The second-order valence-electron chi connectivity index (χ2n) is 12.6. The standard InChI is InChI=1S/C29H42F3NO3/c1-6-7-8-12-26(2,3)19-16-22(34)24-20-15-18(10-11-21(20)27(4,5)36-23(24)17-19)25(35)33-28(13-9-14-28)29(30,31)32/h16-18,20-21,34H,6-15H2,1-5H3,(H,33,35)/t18-,20+,21+/m0/s1. The molecule has 1 amide bonds. The summed E-state index contributed by atoms with van der Waals surface area (Å²) in [5.74, 6) is -0.283. The maximum Gasteiger partial charge on any atom is 0.411 e. The normalized spacial score (nSPS) is 26.7. The van der Waals surface area contributed by atoms with Gasteiger partial charge in [0.05, 0.1) is 0 Å². The van der Waals surface area contributed by atoms with Gasteiger partial charge in [-0.2, -0.15) is 13.2 Å². The lowest BCUT2D eigenvalue weighted by molar-refractivity contribution is -0.220. The number of phenolic OH excluding ortho intramolecular Hbond substituents is 1. The first kappa shape index (κ1) is 27.1. The Morgan fingerprint density at radius 2 is 1.86 bits per heavy atom. The van der Waals surface area contributed by atoms with Crippen molar-refractivity contribution in [1.82, 2.24) is 5.32 Å². The number of carbonyl (C=O) groups is 1. The van der Waals surface area contributed by atoms with E-state index in [0.717, 1.165) is 31.2 Å². The van der Waals surface area contributed by atoms with E-state index in [-0.39, 0.29) is 35.8 Å². The van der Waals surface area contributed by atoms with E-state index in [1.807, 2.05) is 26.0 Å². The summed E-state index contributed by atoms with van der Waals surface area (Å²) in [5.41, 5.74) is -0.980. The predicted molar refractivity (Wildman–Crippen MR) is 134 cm³/mol. The number of amides is 1. The average molecular weight is 510 g/mol. The van der Waals surface area contributed by atoms with Crippen molar-refractivity contribution in [3.63, 3.8) is 0 Å². The summed E-state index contributed by atoms with van der Waals surface area (Å²) < 4.78 is 47.5. The van der Waals surface area contributed by atoms with E-state index in [1.54, 1.807) is 0 Å². The van der Waals surface area contributed by atoms with Crippen molar-refractivity contribution < 1.29 is 27.8 Å². The number of hydrogen-bond donors (Lipinski definition) is 2. The zero-order valence-electron chi connectivity index (χ0n) is 22.4. The Morgan fingerprint density at radius 1 is 1.17 bits per heavy atom. The lowest BCUT2D eigenvalue weighted by Gasteiger charge is -2.50. The molecular weight excluding hydrogens is 467 g/mol. The highest BCUT2D eigenvalue weighted by Gasteiger charge is 2.60. The number of rotatable bonds is 7. The summed E-state index contributed by atoms with van der Waals surface area (Å²) in [6.07, 6.45) is 1.93. The first-order valence-corrected chi connectivity index (χ1v) is 13.7. The van der Waals surface area contributed by atoms with E-state index in [2.05, 4.69) is 26.1 Å². The number of carbonyl (C=O) groups excluding carboxylic acids is 1. The van der Waals surface area contributed by atoms with Gasteiger partial charge in [0.1, 0.15) is 22.6 Å². The van der Waals surface area contributed by atoms with Crippen LogP contribution in [0.1, 0.15) is 116 Å². The number of ether oxygens (including phenoxy) is 1. The number of fused-ring (bicyclic) bond motifs is 3. The first-order valence-electron chi connectivity index (χ1n) is 13.7. The van der Waals surface area contributed by atoms with Crippen molar-refractivity contribution in [3.8, 4) is 11.5 Å². The topological polar surface area (TPSA) is 58.6 Å². The third-order valence-corrected chi connectivity index (χ3v) is 9.28. The van der Waals surface area contributed by atoms with Crippen molar-refractivity contribution in [1.29, 1.82) is 0 Å². The lowest BCUT2D eigenvalue weighted by Crippen LogP contribution is -2.64. The van der Waals surface area contributed by atoms with Crippen LogP contribution in [-0.2, 0) is 10.2 Å². The second kappa shape index (κ2) is 9.43. The molecule has 36 heavy (non-hydrogen) atoms. The first-order chi connectivity index (χ1) is 16.7. The van der Waals surface area contributed by atoms with Crippen molar-refractivity contribution >= 4 is 5.91 Å². The molecule has 202 valence electrons. The Hall–Kier alpha value is -1.92. The maximum atomic E-state index is 13.7. The summed E-state index contributed by atoms with van der Waals surface area (Å²) in [4.78, 5) is 13.1. The maximum absolute atomic E-state index is 13.7. The van der Waals surface area contributed by atoms with Gasteiger partial charge in [-0.1, -0.05) is 40.0 Å². The van der Waals surface area contributed by atoms with E-state index in [0.29, 0.717) is 37.0 Å². The molecule has 4 nitrogen and oxygen atoms in total. The Balaban J connectivity index is 1.60. The van der Waals surface area contributed by atoms with Crippen LogP contribution in [-0.4, -0.2) is 28.3 Å². The highest BCUT2D eigenvalue weighted by atomic mass is 19.4. The summed E-state index contributed by atoms with van der Waals surface area (Å²) in [7, 11) is 0. The number of aromatic hydroxyl groups is 1. The minimum absolute atomic E-state index is 0.0532. The molecule has 7 heteroatoms. The SMILES string of the molecule is CCCCCC(C)(C)c1cc(O)c2c(c1)OC(C)(C)[C@@H]1CC[C@H](C(=O)NC3(C(F)(F)F)CCC3)C[C@@H]21. The molecule has 1 aliphatic heterocycles. The van der Waals surface area contributed by atoms with Gasteiger partial charge in [0.25, 0.3) is 0 Å². The molecule has 1 heterocycles. The number of hydrogen-bond acceptors (Lipinski definition) is 3. The highest BCUT2D eigenvalue weighted by Crippen LogP contribution is 2.56. The quantitative estimate of drug-likeness (QED) is 0.374. The van der Waals surface area contributed by atoms with Crippen molar-refractivity contribution in [2.45, 2.75) is 127 Å². The van der Waals surface area contributed by atoms with E-state index < -0.39 is 29.1 Å². The number of phenols is 1. The molecule has 3 atom stereocenters. The molecule has 3 aliphatic rings. The molecule has 1 aromatic carbocycles. The minimum Gasteiger partial charge on any atom is -0.508 e. The van der Waals surface area contributed by atoms with Crippen LogP contribution >= 0.6 is 0 Å². The molecule has 0 radical (unpaired) electrons. The van der Waals surface area contributed by atoms with Crippen LogP contribution in [0.3, 0.4) is 0 Å². The van der Waals surface area contributed by atoms with Gasteiger partial charge in [-0.15, -0.1) is 0 Å². The van der Waals surface area contributed by atoms with Crippen LogP contribution < -0.4 is 10.1 Å². The molecule has 0 bridgehead atoms. The van der Waals surface area contributed by atoms with Crippen molar-refractivity contribution in [2.24, 2.45) is 11.8 Å². The number of alkyl halides is 3. The third kappa shape index (κ3) is 4.83. The molecular formula is C29H42F3NO3. The molecule has 1 aromatic rings. The fourth-order valence-corrected chi connectivity index (χ4v) is 6.69. The Bertz CT molecular complexity index is 981. The molecule has 2 N–H and O–H groups in total. The van der Waals surface area contributed by atoms with Gasteiger partial charge in [0.15, 0.2) is 0 Å². The smallest absolute Gasteiger partial charge is 0.411 e. The molecule has 0 spiro atoms. The second-order valence-corrected chi connectivity index (χ2v) is 12.6. The van der Waals surface area contributed by atoms with Crippen LogP contribution in [0.15, 0.2) is 12.1 Å². The molecule has 4 rings (SSSR count). The monoisotopic (exact) mass is 509 g/mol. The van der Waals surface area contributed by atoms with E-state index >= 15 is 0 Å². The Morgan fingerprint density at radius 3 is 2.44 bits per heavy atom. The van der Waals surface area contributed by atoms with Crippen molar-refractivity contribution in [3.05, 3.63) is 23.3 Å². The number of halogens is 3. The van der Waals surface area contributed by atoms with Gasteiger partial charge in [-0.3, -0.25) is 4.79 Å². The number of unbranched alkanes of at least 4 members (excludes halogenated alkanes) is 2. The van der Waals surface area contributed by atoms with Gasteiger partial charge in [-0.25, -0.2) is 0 Å². The minimum atomic E-state index is -4.44. The number of nitrogens with one attached hydrogen (secondary N) is 1. The van der Waals surface area contributed by atoms with Crippen LogP contribution in [0.5, 0.6) is 11.5 Å². The molecule has 2 saturated carbocycles. The van der Waals surface area contributed by atoms with Crippen molar-refractivity contribution in [2.75, 3.05) is 0 Å². The highest BCUT2D eigenvalue weighted by molar-refractivity contribution is 5.80. The van der Waals surface area contributed by atoms with Crippen LogP contribution in [0, 0.1) is 11.8 Å². The Kier molecular flexibility index (Phi) is 7.11. The molecule has 0 unspecified atom stereocenters. The number of benzene rings is 1. The molecule has 0 aromatic heterocycles. The lowest BCUT2D eigenvalue weighted by atomic mass is 9.63. The van der Waals surface area contributed by atoms with E-state index in [4.69, 9.17) is 4.74 Å². The van der Waals surface area contributed by atoms with E-state index in [1.165, 1.54) is 0 Å². The van der Waals surface area contributed by atoms with Gasteiger partial charge in [-0.05, 0) is 87.8 Å². The van der Waals surface area contributed by atoms with E-state index in [9.17, 15) is 23.1 Å². The van der Waals surface area contributed by atoms with Gasteiger partial charge in [0, 0.05) is 17.4 Å². The van der Waals surface area contributed by atoms with Gasteiger partial charge >= 0.3 is 6.18 Å². The fraction of sp³-hybridized carbons (Fsp3) is 0.759. The summed E-state index contributed by atoms with van der Waals surface area (Å²) in [6.45, 7) is 10.6. The van der Waals surface area contributed by atoms with Gasteiger partial charge < -0.3 is 15.2 Å². The average Bonchev–Trinajstić information content (AvgIpc) is 2.74. The zero-order valence-corrected chi connectivity index (χ0v) is 22.4. The summed E-state index contributed by atoms with van der Waals surface area (Å²) in [6, 6.07) is 3.87. The van der Waals surface area contributed by atoms with Gasteiger partial charge in [0.2, 0.25) is 5.91 Å². The largest absolute Gasteiger partial charge is 0.508 e. The molecule has 0 saturated heterocycles. The summed E-state index contributed by atoms with van der Waals surface area (Å²) in [5, 5.41) is 13.6.